The largest absolute Gasteiger partial charge is 0.504 e. The van der Waals surface area contributed by atoms with Gasteiger partial charge in [-0.05, 0) is 25.0 Å². The van der Waals surface area contributed by atoms with Gasteiger partial charge in [0, 0.05) is 36.0 Å². The van der Waals surface area contributed by atoms with Gasteiger partial charge in [0.1, 0.15) is 5.82 Å². The number of rotatable bonds is 3. The first-order valence-electron chi connectivity index (χ1n) is 8.01. The summed E-state index contributed by atoms with van der Waals surface area (Å²) in [6, 6.07) is 4.93. The van der Waals surface area contributed by atoms with Gasteiger partial charge in [-0.1, -0.05) is 11.6 Å². The monoisotopic (exact) mass is 364 g/mol. The Balaban J connectivity index is 2.07. The predicted molar refractivity (Wildman–Crippen MR) is 96.4 cm³/mol. The predicted octanol–water partition coefficient (Wildman–Crippen LogP) is 2.70. The van der Waals surface area contributed by atoms with Crippen molar-refractivity contribution in [3.8, 4) is 11.5 Å². The van der Waals surface area contributed by atoms with Crippen LogP contribution in [0.3, 0.4) is 0 Å². The van der Waals surface area contributed by atoms with Gasteiger partial charge in [0.05, 0.1) is 19.8 Å². The number of nitrogens with zero attached hydrogens (tertiary/aromatic N) is 3. The summed E-state index contributed by atoms with van der Waals surface area (Å²) in [6.45, 7) is 3.71. The van der Waals surface area contributed by atoms with Gasteiger partial charge < -0.3 is 25.2 Å². The highest BCUT2D eigenvalue weighted by molar-refractivity contribution is 6.31. The molecule has 0 amide bonds. The number of hydrogen-bond acceptors (Lipinski definition) is 7. The van der Waals surface area contributed by atoms with Crippen molar-refractivity contribution < 1.29 is 14.6 Å². The van der Waals surface area contributed by atoms with E-state index in [1.807, 2.05) is 13.0 Å². The van der Waals surface area contributed by atoms with Gasteiger partial charge in [0.25, 0.3) is 0 Å². The number of nitrogens with two attached hydrogens (primary N) is 1. The molecule has 2 heterocycles. The molecule has 1 atom stereocenters. The number of aromatic hydroxyl groups is 1. The lowest BCUT2D eigenvalue weighted by atomic mass is 10.0. The van der Waals surface area contributed by atoms with Gasteiger partial charge in [0.15, 0.2) is 11.5 Å². The number of anilines is 2. The zero-order valence-electron chi connectivity index (χ0n) is 14.2. The molecule has 0 spiro atoms. The molecule has 2 aromatic rings. The average molecular weight is 365 g/mol. The SMILES string of the molecule is COc1cc(C2COCCCN2c2cc(C)nc(N)n2)c(Cl)cc1O. The maximum absolute atomic E-state index is 9.93. The number of nitrogen functional groups attached to an aromatic ring is 1. The minimum absolute atomic E-state index is 0.000495. The Kier molecular flexibility index (Phi) is 5.15. The molecule has 3 rings (SSSR count). The first-order valence-corrected chi connectivity index (χ1v) is 8.39. The fourth-order valence-corrected chi connectivity index (χ4v) is 3.29. The molecule has 1 unspecified atom stereocenters. The molecule has 1 aliphatic rings. The topological polar surface area (TPSA) is 93.7 Å². The van der Waals surface area contributed by atoms with E-state index < -0.39 is 0 Å². The summed E-state index contributed by atoms with van der Waals surface area (Å²) < 4.78 is 11.0. The smallest absolute Gasteiger partial charge is 0.222 e. The molecule has 8 heteroatoms. The lowest BCUT2D eigenvalue weighted by molar-refractivity contribution is 0.134. The zero-order valence-corrected chi connectivity index (χ0v) is 15.0. The maximum Gasteiger partial charge on any atom is 0.222 e. The molecule has 0 saturated carbocycles. The summed E-state index contributed by atoms with van der Waals surface area (Å²) in [5, 5.41) is 10.4. The minimum atomic E-state index is -0.182. The fraction of sp³-hybridized carbons (Fsp3) is 0.412. The third kappa shape index (κ3) is 3.72. The number of aromatic nitrogens is 2. The van der Waals surface area contributed by atoms with Crippen LogP contribution in [0.5, 0.6) is 11.5 Å². The molecule has 1 aliphatic heterocycles. The molecule has 1 aromatic heterocycles. The molecule has 3 N–H and O–H groups in total. The summed E-state index contributed by atoms with van der Waals surface area (Å²) in [5.41, 5.74) is 7.42. The second-order valence-corrected chi connectivity index (χ2v) is 6.32. The van der Waals surface area contributed by atoms with Crippen LogP contribution in [0.1, 0.15) is 23.7 Å². The van der Waals surface area contributed by atoms with Gasteiger partial charge in [-0.3, -0.25) is 0 Å². The van der Waals surface area contributed by atoms with Crippen LogP contribution in [0, 0.1) is 6.92 Å². The van der Waals surface area contributed by atoms with E-state index in [1.165, 1.54) is 13.2 Å². The molecular weight excluding hydrogens is 344 g/mol. The van der Waals surface area contributed by atoms with Gasteiger partial charge >= 0.3 is 0 Å². The van der Waals surface area contributed by atoms with Crippen molar-refractivity contribution in [3.05, 3.63) is 34.5 Å². The second-order valence-electron chi connectivity index (χ2n) is 5.91. The number of phenolic OH excluding ortho intramolecular Hbond substituents is 1. The van der Waals surface area contributed by atoms with Crippen LogP contribution in [0.25, 0.3) is 0 Å². The Bertz CT molecular complexity index is 752. The minimum Gasteiger partial charge on any atom is -0.504 e. The van der Waals surface area contributed by atoms with Crippen molar-refractivity contribution in [1.82, 2.24) is 9.97 Å². The first kappa shape index (κ1) is 17.6. The number of hydrogen-bond donors (Lipinski definition) is 2. The van der Waals surface area contributed by atoms with E-state index in [1.54, 1.807) is 6.07 Å². The van der Waals surface area contributed by atoms with Gasteiger partial charge in [-0.15, -0.1) is 0 Å². The van der Waals surface area contributed by atoms with Crippen LogP contribution < -0.4 is 15.4 Å². The molecule has 0 bridgehead atoms. The summed E-state index contributed by atoms with van der Waals surface area (Å²) in [5.74, 6) is 1.32. The third-order valence-electron chi connectivity index (χ3n) is 4.15. The standard InChI is InChI=1S/C17H21ClN4O3/c1-10-6-16(21-17(19)20-10)22-4-3-5-25-9-13(22)11-7-15(24-2)14(23)8-12(11)18/h6-8,13,23H,3-5,9H2,1-2H3,(H2,19,20,21). The summed E-state index contributed by atoms with van der Waals surface area (Å²) >= 11 is 6.41. The van der Waals surface area contributed by atoms with Crippen LogP contribution in [0.15, 0.2) is 18.2 Å². The molecule has 25 heavy (non-hydrogen) atoms. The Morgan fingerprint density at radius 2 is 2.16 bits per heavy atom. The quantitative estimate of drug-likeness (QED) is 0.864. The molecule has 1 aromatic carbocycles. The highest BCUT2D eigenvalue weighted by atomic mass is 35.5. The van der Waals surface area contributed by atoms with Crippen molar-refractivity contribution in [3.63, 3.8) is 0 Å². The normalized spacial score (nSPS) is 18.0. The number of halogens is 1. The Morgan fingerprint density at radius 1 is 1.36 bits per heavy atom. The van der Waals surface area contributed by atoms with Crippen molar-refractivity contribution in [2.75, 3.05) is 37.5 Å². The van der Waals surface area contributed by atoms with Gasteiger partial charge in [-0.2, -0.15) is 4.98 Å². The maximum atomic E-state index is 9.93. The van der Waals surface area contributed by atoms with Crippen molar-refractivity contribution in [2.45, 2.75) is 19.4 Å². The van der Waals surface area contributed by atoms with E-state index >= 15 is 0 Å². The number of ether oxygens (including phenoxy) is 2. The highest BCUT2D eigenvalue weighted by Gasteiger charge is 2.28. The molecule has 1 saturated heterocycles. The molecule has 1 fully saturated rings. The number of phenols is 1. The van der Waals surface area contributed by atoms with E-state index in [0.717, 1.165) is 30.0 Å². The van der Waals surface area contributed by atoms with E-state index in [4.69, 9.17) is 26.8 Å². The van der Waals surface area contributed by atoms with E-state index in [2.05, 4.69) is 14.9 Å². The Labute approximate surface area is 151 Å². The summed E-state index contributed by atoms with van der Waals surface area (Å²) in [6.07, 6.45) is 0.853. The lowest BCUT2D eigenvalue weighted by Crippen LogP contribution is -2.32. The Morgan fingerprint density at radius 3 is 2.88 bits per heavy atom. The molecule has 7 nitrogen and oxygen atoms in total. The van der Waals surface area contributed by atoms with Gasteiger partial charge in [0.2, 0.25) is 5.95 Å². The summed E-state index contributed by atoms with van der Waals surface area (Å²) in [7, 11) is 1.50. The van der Waals surface area contributed by atoms with Crippen LogP contribution >= 0.6 is 11.6 Å². The van der Waals surface area contributed by atoms with Crippen LogP contribution in [0.2, 0.25) is 5.02 Å². The first-order chi connectivity index (χ1) is 12.0. The second kappa shape index (κ2) is 7.33. The van der Waals surface area contributed by atoms with Crippen molar-refractivity contribution in [2.24, 2.45) is 0 Å². The van der Waals surface area contributed by atoms with Crippen LogP contribution in [-0.2, 0) is 4.74 Å². The van der Waals surface area contributed by atoms with Crippen molar-refractivity contribution in [1.29, 1.82) is 0 Å². The number of benzene rings is 1. The number of aryl methyl sites for hydroxylation is 1. The molecule has 134 valence electrons. The Hall–Kier alpha value is -2.25. The molecule has 0 aliphatic carbocycles. The molecule has 0 radical (unpaired) electrons. The highest BCUT2D eigenvalue weighted by Crippen LogP contribution is 2.39. The third-order valence-corrected chi connectivity index (χ3v) is 4.48. The number of methoxy groups -OCH3 is 1. The van der Waals surface area contributed by atoms with E-state index in [-0.39, 0.29) is 17.7 Å². The fourth-order valence-electron chi connectivity index (χ4n) is 3.01. The van der Waals surface area contributed by atoms with Crippen LogP contribution in [-0.4, -0.2) is 41.9 Å². The van der Waals surface area contributed by atoms with Crippen LogP contribution in [0.4, 0.5) is 11.8 Å². The average Bonchev–Trinajstić information content (AvgIpc) is 2.80. The lowest BCUT2D eigenvalue weighted by Gasteiger charge is -2.31. The molecular formula is C17H21ClN4O3. The van der Waals surface area contributed by atoms with E-state index in [0.29, 0.717) is 24.0 Å². The van der Waals surface area contributed by atoms with Gasteiger partial charge in [-0.25, -0.2) is 4.98 Å². The summed E-state index contributed by atoms with van der Waals surface area (Å²) in [4.78, 5) is 10.6. The van der Waals surface area contributed by atoms with Crippen molar-refractivity contribution >= 4 is 23.4 Å². The van der Waals surface area contributed by atoms with E-state index in [9.17, 15) is 5.11 Å². The zero-order chi connectivity index (χ0) is 18.0.